The summed E-state index contributed by atoms with van der Waals surface area (Å²) in [5, 5.41) is 1.46. The average Bonchev–Trinajstić information content (AvgIpc) is 2.19. The number of nitrogens with zero attached hydrogens (tertiary/aromatic N) is 1. The summed E-state index contributed by atoms with van der Waals surface area (Å²) in [4.78, 5) is 15.4. The second kappa shape index (κ2) is 3.63. The van der Waals surface area contributed by atoms with Gasteiger partial charge in [0.2, 0.25) is 0 Å². The molecule has 0 saturated heterocycles. The van der Waals surface area contributed by atoms with Crippen molar-refractivity contribution in [3.8, 4) is 0 Å². The molecule has 0 radical (unpaired) electrons. The van der Waals surface area contributed by atoms with E-state index < -0.39 is 0 Å². The highest BCUT2D eigenvalue weighted by atomic mass is 35.5. The lowest BCUT2D eigenvalue weighted by Gasteiger charge is -2.03. The zero-order chi connectivity index (χ0) is 11.0. The van der Waals surface area contributed by atoms with Crippen molar-refractivity contribution in [2.75, 3.05) is 0 Å². The number of pyridine rings is 1. The van der Waals surface area contributed by atoms with Crippen LogP contribution >= 0.6 is 11.6 Å². The fourth-order valence-electron chi connectivity index (χ4n) is 1.48. The van der Waals surface area contributed by atoms with Crippen LogP contribution in [0.2, 0.25) is 5.15 Å². The van der Waals surface area contributed by atoms with Gasteiger partial charge in [-0.1, -0.05) is 11.6 Å². The molecule has 0 saturated carbocycles. The standard InChI is InChI=1S/C12H10ClNO/c1-7-5-10-6-9(8(2)15)3-4-11(10)14-12(7)13/h3-6H,1-2H3. The van der Waals surface area contributed by atoms with Gasteiger partial charge in [0, 0.05) is 10.9 Å². The summed E-state index contributed by atoms with van der Waals surface area (Å²) in [6.45, 7) is 3.45. The van der Waals surface area contributed by atoms with Gasteiger partial charge < -0.3 is 0 Å². The summed E-state index contributed by atoms with van der Waals surface area (Å²) in [7, 11) is 0. The van der Waals surface area contributed by atoms with Crippen LogP contribution in [-0.2, 0) is 0 Å². The van der Waals surface area contributed by atoms with Crippen LogP contribution in [0.4, 0.5) is 0 Å². The Balaban J connectivity index is 2.72. The highest BCUT2D eigenvalue weighted by Crippen LogP contribution is 2.20. The van der Waals surface area contributed by atoms with E-state index in [0.717, 1.165) is 16.5 Å². The quantitative estimate of drug-likeness (QED) is 0.544. The molecule has 0 fully saturated rings. The lowest BCUT2D eigenvalue weighted by molar-refractivity contribution is 0.101. The number of rotatable bonds is 1. The lowest BCUT2D eigenvalue weighted by atomic mass is 10.1. The molecular weight excluding hydrogens is 210 g/mol. The van der Waals surface area contributed by atoms with Gasteiger partial charge in [-0.2, -0.15) is 0 Å². The molecule has 0 amide bonds. The maximum Gasteiger partial charge on any atom is 0.159 e. The second-order valence-electron chi connectivity index (χ2n) is 3.56. The first-order valence-electron chi connectivity index (χ1n) is 4.66. The maximum absolute atomic E-state index is 11.2. The fraction of sp³-hybridized carbons (Fsp3) is 0.167. The number of carbonyl (C=O) groups is 1. The minimum atomic E-state index is 0.0597. The zero-order valence-corrected chi connectivity index (χ0v) is 9.30. The van der Waals surface area contributed by atoms with Gasteiger partial charge in [-0.15, -0.1) is 0 Å². The van der Waals surface area contributed by atoms with Crippen LogP contribution < -0.4 is 0 Å². The van der Waals surface area contributed by atoms with Crippen molar-refractivity contribution >= 4 is 28.3 Å². The van der Waals surface area contributed by atoms with E-state index in [2.05, 4.69) is 4.98 Å². The Labute approximate surface area is 92.9 Å². The molecule has 1 heterocycles. The molecular formula is C12H10ClNO. The van der Waals surface area contributed by atoms with Crippen LogP contribution in [-0.4, -0.2) is 10.8 Å². The van der Waals surface area contributed by atoms with Crippen molar-refractivity contribution in [1.82, 2.24) is 4.98 Å². The summed E-state index contributed by atoms with van der Waals surface area (Å²) in [6, 6.07) is 7.37. The first-order chi connectivity index (χ1) is 7.08. The minimum absolute atomic E-state index is 0.0597. The van der Waals surface area contributed by atoms with Gasteiger partial charge in [-0.3, -0.25) is 4.79 Å². The molecule has 1 aromatic heterocycles. The average molecular weight is 220 g/mol. The van der Waals surface area contributed by atoms with Gasteiger partial charge in [-0.25, -0.2) is 4.98 Å². The fourth-order valence-corrected chi connectivity index (χ4v) is 1.62. The van der Waals surface area contributed by atoms with Crippen molar-refractivity contribution in [3.05, 3.63) is 40.5 Å². The highest BCUT2D eigenvalue weighted by molar-refractivity contribution is 6.30. The molecule has 0 bridgehead atoms. The smallest absolute Gasteiger partial charge is 0.159 e. The number of aromatic nitrogens is 1. The Bertz CT molecular complexity index is 549. The Kier molecular flexibility index (Phi) is 2.45. The zero-order valence-electron chi connectivity index (χ0n) is 8.54. The SMILES string of the molecule is CC(=O)c1ccc2nc(Cl)c(C)cc2c1. The number of ketones is 1. The molecule has 0 spiro atoms. The summed E-state index contributed by atoms with van der Waals surface area (Å²) < 4.78 is 0. The van der Waals surface area contributed by atoms with Crippen LogP contribution in [0, 0.1) is 6.92 Å². The Morgan fingerprint density at radius 1 is 1.33 bits per heavy atom. The first-order valence-corrected chi connectivity index (χ1v) is 5.03. The third kappa shape index (κ3) is 1.85. The Morgan fingerprint density at radius 2 is 2.07 bits per heavy atom. The summed E-state index contributed by atoms with van der Waals surface area (Å²) >= 11 is 5.91. The number of hydrogen-bond donors (Lipinski definition) is 0. The van der Waals surface area contributed by atoms with Crippen LogP contribution in [0.15, 0.2) is 24.3 Å². The van der Waals surface area contributed by atoms with Crippen molar-refractivity contribution in [2.24, 2.45) is 0 Å². The van der Waals surface area contributed by atoms with E-state index in [1.807, 2.05) is 25.1 Å². The van der Waals surface area contributed by atoms with Crippen molar-refractivity contribution in [1.29, 1.82) is 0 Å². The van der Waals surface area contributed by atoms with Gasteiger partial charge in [0.05, 0.1) is 5.52 Å². The number of hydrogen-bond acceptors (Lipinski definition) is 2. The van der Waals surface area contributed by atoms with Gasteiger partial charge in [0.25, 0.3) is 0 Å². The number of carbonyl (C=O) groups excluding carboxylic acids is 1. The van der Waals surface area contributed by atoms with Crippen LogP contribution in [0.25, 0.3) is 10.9 Å². The van der Waals surface area contributed by atoms with E-state index in [1.54, 1.807) is 13.0 Å². The van der Waals surface area contributed by atoms with E-state index in [1.165, 1.54) is 0 Å². The molecule has 3 heteroatoms. The van der Waals surface area contributed by atoms with E-state index in [9.17, 15) is 4.79 Å². The monoisotopic (exact) mass is 219 g/mol. The molecule has 0 aliphatic heterocycles. The molecule has 0 N–H and O–H groups in total. The third-order valence-electron chi connectivity index (χ3n) is 2.35. The van der Waals surface area contributed by atoms with E-state index in [4.69, 9.17) is 11.6 Å². The number of benzene rings is 1. The molecule has 2 rings (SSSR count). The first kappa shape index (κ1) is 10.1. The normalized spacial score (nSPS) is 10.6. The largest absolute Gasteiger partial charge is 0.295 e. The predicted molar refractivity (Wildman–Crippen MR) is 61.5 cm³/mol. The number of Topliss-reactive ketones (excluding diaryl/α,β-unsaturated/α-hetero) is 1. The van der Waals surface area contributed by atoms with Crippen LogP contribution in [0.1, 0.15) is 22.8 Å². The van der Waals surface area contributed by atoms with Crippen molar-refractivity contribution in [2.45, 2.75) is 13.8 Å². The number of aryl methyl sites for hydroxylation is 1. The highest BCUT2D eigenvalue weighted by Gasteiger charge is 2.04. The molecule has 0 atom stereocenters. The predicted octanol–water partition coefficient (Wildman–Crippen LogP) is 3.40. The van der Waals surface area contributed by atoms with E-state index in [-0.39, 0.29) is 5.78 Å². The third-order valence-corrected chi connectivity index (χ3v) is 2.73. The van der Waals surface area contributed by atoms with Gasteiger partial charge in [-0.05, 0) is 43.7 Å². The van der Waals surface area contributed by atoms with Crippen molar-refractivity contribution < 1.29 is 4.79 Å². The van der Waals surface area contributed by atoms with Gasteiger partial charge in [0.15, 0.2) is 5.78 Å². The summed E-state index contributed by atoms with van der Waals surface area (Å²) in [5.74, 6) is 0.0597. The Hall–Kier alpha value is -1.41. The minimum Gasteiger partial charge on any atom is -0.295 e. The molecule has 76 valence electrons. The molecule has 0 aliphatic rings. The molecule has 2 aromatic rings. The molecule has 15 heavy (non-hydrogen) atoms. The second-order valence-corrected chi connectivity index (χ2v) is 3.92. The Morgan fingerprint density at radius 3 is 2.73 bits per heavy atom. The summed E-state index contributed by atoms with van der Waals surface area (Å²) in [5.41, 5.74) is 2.44. The molecule has 2 nitrogen and oxygen atoms in total. The topological polar surface area (TPSA) is 30.0 Å². The van der Waals surface area contributed by atoms with Crippen molar-refractivity contribution in [3.63, 3.8) is 0 Å². The van der Waals surface area contributed by atoms with E-state index in [0.29, 0.717) is 10.7 Å². The van der Waals surface area contributed by atoms with Gasteiger partial charge in [0.1, 0.15) is 5.15 Å². The lowest BCUT2D eigenvalue weighted by Crippen LogP contribution is -1.92. The van der Waals surface area contributed by atoms with Gasteiger partial charge >= 0.3 is 0 Å². The number of fused-ring (bicyclic) bond motifs is 1. The van der Waals surface area contributed by atoms with Crippen LogP contribution in [0.5, 0.6) is 0 Å². The summed E-state index contributed by atoms with van der Waals surface area (Å²) in [6.07, 6.45) is 0. The molecule has 0 aliphatic carbocycles. The maximum atomic E-state index is 11.2. The van der Waals surface area contributed by atoms with Crippen LogP contribution in [0.3, 0.4) is 0 Å². The number of halogens is 1. The molecule has 1 aromatic carbocycles. The molecule has 0 unspecified atom stereocenters. The van der Waals surface area contributed by atoms with E-state index >= 15 is 0 Å².